The molecule has 3 rings (SSSR count). The van der Waals surface area contributed by atoms with Crippen molar-refractivity contribution in [2.75, 3.05) is 13.2 Å². The third-order valence-electron chi connectivity index (χ3n) is 4.28. The van der Waals surface area contributed by atoms with Crippen LogP contribution in [0.5, 0.6) is 0 Å². The predicted octanol–water partition coefficient (Wildman–Crippen LogP) is 3.36. The van der Waals surface area contributed by atoms with Crippen molar-refractivity contribution in [3.05, 3.63) is 64.9 Å². The van der Waals surface area contributed by atoms with Crippen LogP contribution in [0.2, 0.25) is 5.02 Å². The monoisotopic (exact) mass is 344 g/mol. The molecule has 1 aromatic carbocycles. The zero-order valence-corrected chi connectivity index (χ0v) is 14.2. The lowest BCUT2D eigenvalue weighted by Gasteiger charge is -2.19. The summed E-state index contributed by atoms with van der Waals surface area (Å²) < 4.78 is 5.58. The Bertz CT molecular complexity index is 655. The van der Waals surface area contributed by atoms with Gasteiger partial charge in [-0.15, -0.1) is 0 Å². The van der Waals surface area contributed by atoms with Gasteiger partial charge in [0, 0.05) is 30.6 Å². The second kappa shape index (κ2) is 8.27. The standard InChI is InChI=1S/C19H21ClN2O2/c20-16-7-5-15(6-8-16)18(11-14-3-1-9-21-12-14)19(23)22-13-17-4-2-10-24-17/h1,3,5-9,12,17-18H,2,4,10-11,13H2,(H,22,23). The summed E-state index contributed by atoms with van der Waals surface area (Å²) in [6.45, 7) is 1.35. The summed E-state index contributed by atoms with van der Waals surface area (Å²) in [4.78, 5) is 16.9. The van der Waals surface area contributed by atoms with Crippen LogP contribution in [0.3, 0.4) is 0 Å². The SMILES string of the molecule is O=C(NCC1CCCO1)C(Cc1cccnc1)c1ccc(Cl)cc1. The van der Waals surface area contributed by atoms with Crippen LogP contribution >= 0.6 is 11.6 Å². The molecular formula is C19H21ClN2O2. The molecule has 0 radical (unpaired) electrons. The van der Waals surface area contributed by atoms with E-state index in [0.29, 0.717) is 18.0 Å². The van der Waals surface area contributed by atoms with Gasteiger partial charge in [0.1, 0.15) is 0 Å². The number of carbonyl (C=O) groups is 1. The number of ether oxygens (including phenoxy) is 1. The summed E-state index contributed by atoms with van der Waals surface area (Å²) in [6.07, 6.45) is 6.35. The molecule has 0 aliphatic carbocycles. The first-order chi connectivity index (χ1) is 11.7. The summed E-state index contributed by atoms with van der Waals surface area (Å²) in [5.74, 6) is -0.260. The molecule has 5 heteroatoms. The number of pyridine rings is 1. The number of carbonyl (C=O) groups excluding carboxylic acids is 1. The summed E-state index contributed by atoms with van der Waals surface area (Å²) in [6, 6.07) is 11.3. The average molecular weight is 345 g/mol. The van der Waals surface area contributed by atoms with Gasteiger partial charge < -0.3 is 10.1 Å². The van der Waals surface area contributed by atoms with E-state index in [9.17, 15) is 4.79 Å². The maximum atomic E-state index is 12.8. The number of benzene rings is 1. The maximum Gasteiger partial charge on any atom is 0.227 e. The van der Waals surface area contributed by atoms with E-state index < -0.39 is 0 Å². The first-order valence-electron chi connectivity index (χ1n) is 8.26. The number of aromatic nitrogens is 1. The highest BCUT2D eigenvalue weighted by atomic mass is 35.5. The minimum absolute atomic E-state index is 0.0108. The second-order valence-electron chi connectivity index (χ2n) is 6.05. The number of hydrogen-bond donors (Lipinski definition) is 1. The first-order valence-corrected chi connectivity index (χ1v) is 8.64. The van der Waals surface area contributed by atoms with Crippen molar-refractivity contribution < 1.29 is 9.53 Å². The lowest BCUT2D eigenvalue weighted by molar-refractivity contribution is -0.123. The smallest absolute Gasteiger partial charge is 0.227 e. The minimum atomic E-state index is -0.270. The zero-order chi connectivity index (χ0) is 16.8. The zero-order valence-electron chi connectivity index (χ0n) is 13.5. The van der Waals surface area contributed by atoms with E-state index in [0.717, 1.165) is 30.6 Å². The molecule has 2 aromatic rings. The fraction of sp³-hybridized carbons (Fsp3) is 0.368. The molecule has 0 spiro atoms. The predicted molar refractivity (Wildman–Crippen MR) is 94.1 cm³/mol. The maximum absolute atomic E-state index is 12.8. The average Bonchev–Trinajstić information content (AvgIpc) is 3.13. The molecule has 1 aliphatic rings. The summed E-state index contributed by atoms with van der Waals surface area (Å²) in [7, 11) is 0. The fourth-order valence-electron chi connectivity index (χ4n) is 2.95. The molecule has 0 bridgehead atoms. The lowest BCUT2D eigenvalue weighted by Crippen LogP contribution is -2.36. The van der Waals surface area contributed by atoms with E-state index >= 15 is 0 Å². The van der Waals surface area contributed by atoms with Crippen LogP contribution in [0.4, 0.5) is 0 Å². The summed E-state index contributed by atoms with van der Waals surface area (Å²) in [5, 5.41) is 3.71. The summed E-state index contributed by atoms with van der Waals surface area (Å²) in [5.41, 5.74) is 1.98. The minimum Gasteiger partial charge on any atom is -0.376 e. The van der Waals surface area contributed by atoms with Crippen LogP contribution in [0.25, 0.3) is 0 Å². The number of hydrogen-bond acceptors (Lipinski definition) is 3. The molecule has 2 unspecified atom stereocenters. The number of amides is 1. The molecule has 1 saturated heterocycles. The van der Waals surface area contributed by atoms with Gasteiger partial charge in [-0.05, 0) is 48.6 Å². The normalized spacial score (nSPS) is 18.3. The third-order valence-corrected chi connectivity index (χ3v) is 4.53. The fourth-order valence-corrected chi connectivity index (χ4v) is 3.08. The Kier molecular flexibility index (Phi) is 5.83. The van der Waals surface area contributed by atoms with Crippen molar-refractivity contribution in [1.29, 1.82) is 0 Å². The number of rotatable bonds is 6. The third kappa shape index (κ3) is 4.56. The largest absolute Gasteiger partial charge is 0.376 e. The topological polar surface area (TPSA) is 51.2 Å². The van der Waals surface area contributed by atoms with Crippen LogP contribution in [0.1, 0.15) is 29.9 Å². The van der Waals surface area contributed by atoms with Crippen LogP contribution in [0, 0.1) is 0 Å². The number of halogens is 1. The van der Waals surface area contributed by atoms with E-state index in [4.69, 9.17) is 16.3 Å². The van der Waals surface area contributed by atoms with Crippen LogP contribution in [0.15, 0.2) is 48.8 Å². The molecule has 126 valence electrons. The lowest BCUT2D eigenvalue weighted by atomic mass is 9.91. The quantitative estimate of drug-likeness (QED) is 0.874. The molecule has 1 fully saturated rings. The molecule has 24 heavy (non-hydrogen) atoms. The molecule has 4 nitrogen and oxygen atoms in total. The van der Waals surface area contributed by atoms with Crippen molar-refractivity contribution in [3.63, 3.8) is 0 Å². The molecule has 0 saturated carbocycles. The van der Waals surface area contributed by atoms with Gasteiger partial charge >= 0.3 is 0 Å². The molecular weight excluding hydrogens is 324 g/mol. The van der Waals surface area contributed by atoms with Gasteiger partial charge in [0.05, 0.1) is 12.0 Å². The van der Waals surface area contributed by atoms with Gasteiger partial charge in [-0.3, -0.25) is 9.78 Å². The molecule has 1 N–H and O–H groups in total. The van der Waals surface area contributed by atoms with Crippen LogP contribution < -0.4 is 5.32 Å². The highest BCUT2D eigenvalue weighted by Gasteiger charge is 2.23. The van der Waals surface area contributed by atoms with Crippen molar-refractivity contribution in [3.8, 4) is 0 Å². The van der Waals surface area contributed by atoms with Gasteiger partial charge in [0.15, 0.2) is 0 Å². The highest BCUT2D eigenvalue weighted by molar-refractivity contribution is 6.30. The number of nitrogens with one attached hydrogen (secondary N) is 1. The second-order valence-corrected chi connectivity index (χ2v) is 6.49. The summed E-state index contributed by atoms with van der Waals surface area (Å²) >= 11 is 5.98. The first kappa shape index (κ1) is 16.9. The van der Waals surface area contributed by atoms with E-state index in [1.807, 2.05) is 36.4 Å². The van der Waals surface area contributed by atoms with E-state index in [2.05, 4.69) is 10.3 Å². The Morgan fingerprint density at radius 2 is 2.17 bits per heavy atom. The Hall–Kier alpha value is -1.91. The molecule has 1 aliphatic heterocycles. The van der Waals surface area contributed by atoms with E-state index in [-0.39, 0.29) is 17.9 Å². The van der Waals surface area contributed by atoms with E-state index in [1.54, 1.807) is 12.4 Å². The van der Waals surface area contributed by atoms with Crippen molar-refractivity contribution in [2.24, 2.45) is 0 Å². The van der Waals surface area contributed by atoms with Gasteiger partial charge in [0.2, 0.25) is 5.91 Å². The molecule has 2 heterocycles. The molecule has 1 amide bonds. The Labute approximate surface area is 147 Å². The van der Waals surface area contributed by atoms with Crippen LogP contribution in [-0.2, 0) is 16.0 Å². The van der Waals surface area contributed by atoms with Gasteiger partial charge in [-0.2, -0.15) is 0 Å². The van der Waals surface area contributed by atoms with Crippen molar-refractivity contribution in [1.82, 2.24) is 10.3 Å². The van der Waals surface area contributed by atoms with Gasteiger partial charge in [-0.1, -0.05) is 29.8 Å². The van der Waals surface area contributed by atoms with E-state index in [1.165, 1.54) is 0 Å². The highest BCUT2D eigenvalue weighted by Crippen LogP contribution is 2.23. The Morgan fingerprint density at radius 1 is 1.33 bits per heavy atom. The van der Waals surface area contributed by atoms with Crippen molar-refractivity contribution in [2.45, 2.75) is 31.3 Å². The Balaban J connectivity index is 1.72. The van der Waals surface area contributed by atoms with Gasteiger partial charge in [0.25, 0.3) is 0 Å². The molecule has 1 aromatic heterocycles. The van der Waals surface area contributed by atoms with Gasteiger partial charge in [-0.25, -0.2) is 0 Å². The van der Waals surface area contributed by atoms with Crippen molar-refractivity contribution >= 4 is 17.5 Å². The number of nitrogens with zero attached hydrogens (tertiary/aromatic N) is 1. The Morgan fingerprint density at radius 3 is 2.83 bits per heavy atom. The van der Waals surface area contributed by atoms with Crippen LogP contribution in [-0.4, -0.2) is 30.1 Å². The molecule has 2 atom stereocenters.